The molecule has 0 spiro atoms. The highest BCUT2D eigenvalue weighted by atomic mass is 35.5. The third-order valence-electron chi connectivity index (χ3n) is 4.49. The Hall–Kier alpha value is -3.13. The molecule has 1 aromatic carbocycles. The number of nitrogens with zero attached hydrogens (tertiary/aromatic N) is 4. The van der Waals surface area contributed by atoms with Crippen molar-refractivity contribution in [2.24, 2.45) is 0 Å². The van der Waals surface area contributed by atoms with Crippen LogP contribution in [0.1, 0.15) is 18.1 Å². The minimum absolute atomic E-state index is 0.0318. The number of hydrogen-bond acceptors (Lipinski definition) is 6. The molecule has 152 valence electrons. The number of benzene rings is 1. The molecule has 1 aliphatic rings. The van der Waals surface area contributed by atoms with Crippen LogP contribution < -0.4 is 15.5 Å². The molecule has 2 N–H and O–H groups in total. The molecule has 9 heteroatoms. The predicted octanol–water partition coefficient (Wildman–Crippen LogP) is 2.65. The van der Waals surface area contributed by atoms with Gasteiger partial charge in [0.2, 0.25) is 11.9 Å². The Balaban J connectivity index is 1.63. The first-order valence-corrected chi connectivity index (χ1v) is 9.47. The molecule has 1 aliphatic heterocycles. The van der Waals surface area contributed by atoms with Gasteiger partial charge in [0.15, 0.2) is 5.82 Å². The fourth-order valence-electron chi connectivity index (χ4n) is 3.00. The van der Waals surface area contributed by atoms with Crippen LogP contribution in [-0.2, 0) is 4.79 Å². The fraction of sp³-hybridized carbons (Fsp3) is 0.300. The number of aromatic nitrogens is 2. The molecule has 0 unspecified atom stereocenters. The third kappa shape index (κ3) is 5.03. The number of rotatable bonds is 6. The summed E-state index contributed by atoms with van der Waals surface area (Å²) in [5.74, 6) is 0.386. The molecule has 0 bridgehead atoms. The number of halogens is 1. The summed E-state index contributed by atoms with van der Waals surface area (Å²) in [6.07, 6.45) is 1.87. The number of likely N-dealkylation sites (tertiary alicyclic amines) is 1. The zero-order valence-electron chi connectivity index (χ0n) is 17.3. The van der Waals surface area contributed by atoms with E-state index in [4.69, 9.17) is 13.0 Å². The predicted molar refractivity (Wildman–Crippen MR) is 115 cm³/mol. The van der Waals surface area contributed by atoms with Crippen molar-refractivity contribution in [1.29, 1.82) is 0 Å². The Morgan fingerprint density at radius 2 is 2.10 bits per heavy atom. The number of carbonyl (C=O) groups is 2. The van der Waals surface area contributed by atoms with Crippen LogP contribution in [0, 0.1) is 0 Å². The second kappa shape index (κ2) is 8.91. The number of hydrogen-bond donors (Lipinski definition) is 2. The largest absolute Gasteiger partial charge is 0.361 e. The second-order valence-electron chi connectivity index (χ2n) is 6.84. The smallest absolute Gasteiger partial charge is 0.253 e. The van der Waals surface area contributed by atoms with Crippen LogP contribution in [0.4, 0.5) is 17.5 Å². The number of anilines is 3. The van der Waals surface area contributed by atoms with Crippen LogP contribution in [0.25, 0.3) is 0 Å². The van der Waals surface area contributed by atoms with E-state index in [-0.39, 0.29) is 29.1 Å². The van der Waals surface area contributed by atoms with Crippen molar-refractivity contribution in [3.63, 3.8) is 0 Å². The Morgan fingerprint density at radius 3 is 2.76 bits per heavy atom. The molecule has 0 aliphatic carbocycles. The number of nitrogens with one attached hydrogen (secondary N) is 2. The van der Waals surface area contributed by atoms with E-state index in [9.17, 15) is 9.59 Å². The lowest BCUT2D eigenvalue weighted by Gasteiger charge is -2.18. The zero-order chi connectivity index (χ0) is 21.8. The lowest BCUT2D eigenvalue weighted by Crippen LogP contribution is -2.32. The molecule has 2 heterocycles. The lowest BCUT2D eigenvalue weighted by molar-refractivity contribution is -0.111. The maximum Gasteiger partial charge on any atom is 0.253 e. The normalized spacial score (nSPS) is 16.2. The van der Waals surface area contributed by atoms with Gasteiger partial charge in [0, 0.05) is 44.5 Å². The zero-order valence-corrected chi connectivity index (χ0v) is 17.0. The third-order valence-corrected chi connectivity index (χ3v) is 4.74. The summed E-state index contributed by atoms with van der Waals surface area (Å²) in [7, 11) is 3.59. The molecular formula is C20H23ClN6O2. The molecule has 0 radical (unpaired) electrons. The monoisotopic (exact) mass is 415 g/mol. The van der Waals surface area contributed by atoms with Crippen molar-refractivity contribution in [3.8, 4) is 0 Å². The van der Waals surface area contributed by atoms with Crippen LogP contribution in [0.15, 0.2) is 43.1 Å². The van der Waals surface area contributed by atoms with Crippen LogP contribution in [-0.4, -0.2) is 59.9 Å². The molecule has 1 atom stereocenters. The van der Waals surface area contributed by atoms with E-state index in [1.54, 1.807) is 48.2 Å². The second-order valence-corrected chi connectivity index (χ2v) is 7.22. The summed E-state index contributed by atoms with van der Waals surface area (Å²) in [5.41, 5.74) is 1.14. The molecule has 0 saturated carbocycles. The first kappa shape index (κ1) is 19.2. The van der Waals surface area contributed by atoms with Crippen LogP contribution >= 0.6 is 11.6 Å². The summed E-state index contributed by atoms with van der Waals surface area (Å²) in [5, 5.41) is 6.04. The fourth-order valence-corrected chi connectivity index (χ4v) is 3.26. The van der Waals surface area contributed by atoms with Gasteiger partial charge in [0.05, 0.1) is 7.54 Å². The van der Waals surface area contributed by atoms with Gasteiger partial charge in [-0.05, 0) is 36.8 Å². The average molecular weight is 416 g/mol. The maximum atomic E-state index is 12.8. The minimum atomic E-state index is -0.305. The molecule has 2 amide bonds. The first-order chi connectivity index (χ1) is 14.3. The van der Waals surface area contributed by atoms with E-state index in [0.717, 1.165) is 6.42 Å². The van der Waals surface area contributed by atoms with Crippen molar-refractivity contribution >= 4 is 40.9 Å². The summed E-state index contributed by atoms with van der Waals surface area (Å²) in [6, 6.07) is 6.69. The molecule has 8 nitrogen and oxygen atoms in total. The van der Waals surface area contributed by atoms with Gasteiger partial charge in [0.25, 0.3) is 5.91 Å². The number of amides is 2. The van der Waals surface area contributed by atoms with E-state index in [2.05, 4.69) is 27.2 Å². The summed E-state index contributed by atoms with van der Waals surface area (Å²) in [4.78, 5) is 36.1. The van der Waals surface area contributed by atoms with Gasteiger partial charge in [0.1, 0.15) is 5.02 Å². The van der Waals surface area contributed by atoms with Crippen LogP contribution in [0.5, 0.6) is 0 Å². The van der Waals surface area contributed by atoms with Gasteiger partial charge in [-0.3, -0.25) is 9.59 Å². The van der Waals surface area contributed by atoms with Crippen LogP contribution in [0.2, 0.25) is 5.02 Å². The van der Waals surface area contributed by atoms with Crippen molar-refractivity contribution in [1.82, 2.24) is 14.9 Å². The Bertz CT molecular complexity index is 967. The highest BCUT2D eigenvalue weighted by Crippen LogP contribution is 2.23. The summed E-state index contributed by atoms with van der Waals surface area (Å²) in [6.45, 7) is 4.49. The molecule has 1 saturated heterocycles. The SMILES string of the molecule is [2H]c1nc(N[C@@H]2CCN(C(=O)c3ccc(NC(=O)C=C)cc3)C2)nc(N(C)C)c1Cl. The quantitative estimate of drug-likeness (QED) is 0.705. The molecule has 1 aromatic heterocycles. The highest BCUT2D eigenvalue weighted by molar-refractivity contribution is 6.32. The topological polar surface area (TPSA) is 90.5 Å². The summed E-state index contributed by atoms with van der Waals surface area (Å²) < 4.78 is 7.91. The lowest BCUT2D eigenvalue weighted by atomic mass is 10.2. The van der Waals surface area contributed by atoms with Gasteiger partial charge in [-0.15, -0.1) is 0 Å². The standard InChI is InChI=1S/C20H23ClN6O2/c1-4-17(28)23-14-7-5-13(6-8-14)19(29)27-10-9-15(12-27)24-20-22-11-16(21)18(25-20)26(2)3/h4-8,11,15H,1,9-10,12H2,2-3H3,(H,23,28)(H,22,24,25)/t15-/m1/s1/i11D. The molecular weight excluding hydrogens is 392 g/mol. The highest BCUT2D eigenvalue weighted by Gasteiger charge is 2.27. The van der Waals surface area contributed by atoms with E-state index in [0.29, 0.717) is 36.1 Å². The van der Waals surface area contributed by atoms with Crippen molar-refractivity contribution in [2.45, 2.75) is 12.5 Å². The van der Waals surface area contributed by atoms with E-state index in [1.165, 1.54) is 6.08 Å². The van der Waals surface area contributed by atoms with Gasteiger partial charge in [-0.25, -0.2) is 4.98 Å². The van der Waals surface area contributed by atoms with Gasteiger partial charge < -0.3 is 20.4 Å². The van der Waals surface area contributed by atoms with Crippen molar-refractivity contribution in [3.05, 3.63) is 53.7 Å². The Labute approximate surface area is 176 Å². The first-order valence-electron chi connectivity index (χ1n) is 9.59. The molecule has 29 heavy (non-hydrogen) atoms. The molecule has 1 fully saturated rings. The minimum Gasteiger partial charge on any atom is -0.361 e. The Kier molecular flexibility index (Phi) is 5.90. The number of carbonyl (C=O) groups excluding carboxylic acids is 2. The van der Waals surface area contributed by atoms with E-state index >= 15 is 0 Å². The summed E-state index contributed by atoms with van der Waals surface area (Å²) >= 11 is 6.09. The average Bonchev–Trinajstić information content (AvgIpc) is 3.18. The van der Waals surface area contributed by atoms with Crippen molar-refractivity contribution in [2.75, 3.05) is 42.7 Å². The maximum absolute atomic E-state index is 12.8. The van der Waals surface area contributed by atoms with Crippen LogP contribution in [0.3, 0.4) is 0 Å². The molecule has 3 rings (SSSR count). The van der Waals surface area contributed by atoms with Crippen molar-refractivity contribution < 1.29 is 11.0 Å². The van der Waals surface area contributed by atoms with Gasteiger partial charge in [-0.2, -0.15) is 4.98 Å². The van der Waals surface area contributed by atoms with Gasteiger partial charge in [-0.1, -0.05) is 18.2 Å². The van der Waals surface area contributed by atoms with E-state index < -0.39 is 0 Å². The molecule has 2 aromatic rings. The Morgan fingerprint density at radius 1 is 1.38 bits per heavy atom. The van der Waals surface area contributed by atoms with E-state index in [1.807, 2.05) is 0 Å². The van der Waals surface area contributed by atoms with Gasteiger partial charge >= 0.3 is 0 Å².